The minimum Gasteiger partial charge on any atom is -0.611 e. The fourth-order valence-electron chi connectivity index (χ4n) is 0.805. The van der Waals surface area contributed by atoms with Gasteiger partial charge in [-0.2, -0.15) is 0 Å². The van der Waals surface area contributed by atoms with Crippen LogP contribution in [0.1, 0.15) is 6.92 Å². The summed E-state index contributed by atoms with van der Waals surface area (Å²) in [5.41, 5.74) is 0. The van der Waals surface area contributed by atoms with E-state index in [9.17, 15) is 9.66 Å². The largest absolute Gasteiger partial charge is 0.611 e. The van der Waals surface area contributed by atoms with Crippen LogP contribution in [-0.4, -0.2) is 15.4 Å². The maximum Gasteiger partial charge on any atom is 0.194 e. The molecule has 1 aromatic rings. The Balaban J connectivity index is 2.93. The van der Waals surface area contributed by atoms with Gasteiger partial charge in [-0.05, 0) is 30.2 Å². The predicted molar refractivity (Wildman–Crippen MR) is 45.1 cm³/mol. The first kappa shape index (κ1) is 8.43. The highest BCUT2D eigenvalue weighted by Gasteiger charge is 2.11. The number of rotatable bonds is 2. The molecular weight excluding hydrogens is 160 g/mol. The lowest BCUT2D eigenvalue weighted by atomic mass is 10.3. The van der Waals surface area contributed by atoms with Crippen molar-refractivity contribution in [2.75, 3.05) is 5.75 Å². The molecule has 0 aliphatic heterocycles. The zero-order chi connectivity index (χ0) is 8.27. The molecule has 1 unspecified atom stereocenters. The molecule has 1 atom stereocenters. The highest BCUT2D eigenvalue weighted by atomic mass is 32.2. The molecule has 0 radical (unpaired) electrons. The molecule has 0 saturated heterocycles. The number of hydrogen-bond donors (Lipinski definition) is 1. The summed E-state index contributed by atoms with van der Waals surface area (Å²) in [5, 5.41) is 9.22. The molecule has 3 heteroatoms. The Hall–Kier alpha value is -0.670. The van der Waals surface area contributed by atoms with Gasteiger partial charge in [-0.15, -0.1) is 0 Å². The van der Waals surface area contributed by atoms with E-state index in [-0.39, 0.29) is 5.75 Å². The summed E-state index contributed by atoms with van der Waals surface area (Å²) < 4.78 is 11.2. The second-order valence-electron chi connectivity index (χ2n) is 2.10. The van der Waals surface area contributed by atoms with Crippen molar-refractivity contribution in [3.63, 3.8) is 0 Å². The molecule has 0 bridgehead atoms. The Morgan fingerprint density at radius 3 is 2.64 bits per heavy atom. The van der Waals surface area contributed by atoms with Crippen molar-refractivity contribution in [2.45, 2.75) is 11.8 Å². The number of hydrogen-bond acceptors (Lipinski definition) is 2. The van der Waals surface area contributed by atoms with E-state index in [4.69, 9.17) is 0 Å². The van der Waals surface area contributed by atoms with E-state index in [1.165, 1.54) is 0 Å². The molecule has 0 saturated carbocycles. The fourth-order valence-corrected chi connectivity index (χ4v) is 1.65. The first-order chi connectivity index (χ1) is 5.25. The third-order valence-corrected chi connectivity index (χ3v) is 2.73. The van der Waals surface area contributed by atoms with Gasteiger partial charge in [0.1, 0.15) is 5.75 Å². The van der Waals surface area contributed by atoms with Crippen molar-refractivity contribution >= 4 is 11.2 Å². The first-order valence-corrected chi connectivity index (χ1v) is 4.74. The molecule has 0 aliphatic rings. The molecule has 1 aromatic carbocycles. The molecule has 0 fully saturated rings. The van der Waals surface area contributed by atoms with Gasteiger partial charge < -0.3 is 9.66 Å². The first-order valence-electron chi connectivity index (χ1n) is 3.42. The summed E-state index contributed by atoms with van der Waals surface area (Å²) >= 11 is -1.05. The van der Waals surface area contributed by atoms with Crippen molar-refractivity contribution in [2.24, 2.45) is 0 Å². The van der Waals surface area contributed by atoms with Crippen LogP contribution < -0.4 is 0 Å². The van der Waals surface area contributed by atoms with Crippen molar-refractivity contribution in [3.05, 3.63) is 24.3 Å². The third-order valence-electron chi connectivity index (χ3n) is 1.37. The van der Waals surface area contributed by atoms with E-state index in [2.05, 4.69) is 0 Å². The van der Waals surface area contributed by atoms with E-state index in [1.807, 2.05) is 6.92 Å². The average Bonchev–Trinajstić information content (AvgIpc) is 2.04. The topological polar surface area (TPSA) is 43.3 Å². The highest BCUT2D eigenvalue weighted by Crippen LogP contribution is 2.21. The molecular formula is C8H10O2S. The number of aromatic hydroxyl groups is 1. The van der Waals surface area contributed by atoms with Crippen molar-refractivity contribution in [1.82, 2.24) is 0 Å². The Bertz CT molecular complexity index is 237. The van der Waals surface area contributed by atoms with Gasteiger partial charge in [0.2, 0.25) is 0 Å². The summed E-state index contributed by atoms with van der Waals surface area (Å²) in [6.07, 6.45) is 0. The average molecular weight is 170 g/mol. The number of para-hydroxylation sites is 1. The van der Waals surface area contributed by atoms with E-state index >= 15 is 0 Å². The third kappa shape index (κ3) is 1.88. The van der Waals surface area contributed by atoms with Gasteiger partial charge >= 0.3 is 0 Å². The lowest BCUT2D eigenvalue weighted by Crippen LogP contribution is -2.03. The second kappa shape index (κ2) is 3.64. The normalized spacial score (nSPS) is 12.9. The zero-order valence-electron chi connectivity index (χ0n) is 6.28. The lowest BCUT2D eigenvalue weighted by Gasteiger charge is -2.07. The maximum absolute atomic E-state index is 11.2. The molecule has 0 spiro atoms. The zero-order valence-corrected chi connectivity index (χ0v) is 7.10. The number of benzene rings is 1. The molecule has 0 aromatic heterocycles. The summed E-state index contributed by atoms with van der Waals surface area (Å²) in [4.78, 5) is 0.523. The lowest BCUT2D eigenvalue weighted by molar-refractivity contribution is 0.458. The highest BCUT2D eigenvalue weighted by molar-refractivity contribution is 7.91. The van der Waals surface area contributed by atoms with Crippen molar-refractivity contribution in [3.8, 4) is 5.75 Å². The van der Waals surface area contributed by atoms with Crippen LogP contribution in [0, 0.1) is 0 Å². The number of phenols is 1. The van der Waals surface area contributed by atoms with E-state index < -0.39 is 11.2 Å². The van der Waals surface area contributed by atoms with Gasteiger partial charge in [-0.25, -0.2) is 0 Å². The van der Waals surface area contributed by atoms with Crippen LogP contribution in [0.25, 0.3) is 0 Å². The van der Waals surface area contributed by atoms with E-state index in [0.29, 0.717) is 10.6 Å². The molecule has 0 amide bonds. The Kier molecular flexibility index (Phi) is 2.79. The quantitative estimate of drug-likeness (QED) is 0.684. The van der Waals surface area contributed by atoms with Crippen LogP contribution in [0.5, 0.6) is 5.75 Å². The Labute approximate surface area is 69.0 Å². The van der Waals surface area contributed by atoms with Gasteiger partial charge in [0, 0.05) is 0 Å². The number of phenolic OH excluding ortho intramolecular Hbond substituents is 1. The van der Waals surface area contributed by atoms with Crippen molar-refractivity contribution in [1.29, 1.82) is 0 Å². The minimum atomic E-state index is -1.05. The van der Waals surface area contributed by atoms with Crippen LogP contribution in [0.3, 0.4) is 0 Å². The molecule has 0 heterocycles. The maximum atomic E-state index is 11.2. The molecule has 1 N–H and O–H groups in total. The van der Waals surface area contributed by atoms with Crippen LogP contribution >= 0.6 is 0 Å². The van der Waals surface area contributed by atoms with Crippen molar-refractivity contribution < 1.29 is 9.66 Å². The van der Waals surface area contributed by atoms with Gasteiger partial charge in [0.25, 0.3) is 0 Å². The second-order valence-corrected chi connectivity index (χ2v) is 3.81. The standard InChI is InChI=1S/C8H10O2S/c1-2-11(10)8-6-4-3-5-7(8)9/h3-6,9H,2H2,1H3. The minimum absolute atomic E-state index is 0.118. The monoisotopic (exact) mass is 170 g/mol. The van der Waals surface area contributed by atoms with Gasteiger partial charge in [-0.1, -0.05) is 12.1 Å². The van der Waals surface area contributed by atoms with E-state index in [1.54, 1.807) is 24.3 Å². The van der Waals surface area contributed by atoms with Crippen LogP contribution in [-0.2, 0) is 11.2 Å². The van der Waals surface area contributed by atoms with Crippen LogP contribution in [0.4, 0.5) is 0 Å². The Morgan fingerprint density at radius 1 is 1.45 bits per heavy atom. The molecule has 0 aliphatic carbocycles. The molecule has 11 heavy (non-hydrogen) atoms. The van der Waals surface area contributed by atoms with E-state index in [0.717, 1.165) is 0 Å². The Morgan fingerprint density at radius 2 is 2.09 bits per heavy atom. The van der Waals surface area contributed by atoms with Gasteiger partial charge in [-0.3, -0.25) is 0 Å². The summed E-state index contributed by atoms with van der Waals surface area (Å²) in [7, 11) is 0. The van der Waals surface area contributed by atoms with Gasteiger partial charge in [0.05, 0.1) is 0 Å². The fraction of sp³-hybridized carbons (Fsp3) is 0.250. The van der Waals surface area contributed by atoms with Crippen LogP contribution in [0.2, 0.25) is 0 Å². The molecule has 2 nitrogen and oxygen atoms in total. The SMILES string of the molecule is CC[S+]([O-])c1ccccc1O. The van der Waals surface area contributed by atoms with Gasteiger partial charge in [0.15, 0.2) is 10.6 Å². The predicted octanol–water partition coefficient (Wildman–Crippen LogP) is 1.52. The smallest absolute Gasteiger partial charge is 0.194 e. The molecule has 60 valence electrons. The summed E-state index contributed by atoms with van der Waals surface area (Å²) in [6.45, 7) is 1.82. The van der Waals surface area contributed by atoms with Crippen LogP contribution in [0.15, 0.2) is 29.2 Å². The summed E-state index contributed by atoms with van der Waals surface area (Å²) in [6, 6.07) is 6.70. The molecule has 1 rings (SSSR count). The summed E-state index contributed by atoms with van der Waals surface area (Å²) in [5.74, 6) is 0.657.